The minimum atomic E-state index is -4.20. The summed E-state index contributed by atoms with van der Waals surface area (Å²) in [5, 5.41) is 7.29. The minimum Gasteiger partial charge on any atom is -0.341 e. The summed E-state index contributed by atoms with van der Waals surface area (Å²) in [6.45, 7) is 0.150. The van der Waals surface area contributed by atoms with Crippen LogP contribution in [0.15, 0.2) is 0 Å². The maximum Gasteiger partial charge on any atom is 0.403 e. The number of carbonyl (C=O) groups is 1. The van der Waals surface area contributed by atoms with Crippen LogP contribution < -0.4 is 16.0 Å². The summed E-state index contributed by atoms with van der Waals surface area (Å²) >= 11 is 0. The Bertz CT molecular complexity index is 224. The van der Waals surface area contributed by atoms with Crippen molar-refractivity contribution in [2.75, 3.05) is 13.6 Å². The van der Waals surface area contributed by atoms with Crippen LogP contribution in [0.2, 0.25) is 0 Å². The van der Waals surface area contributed by atoms with Crippen LogP contribution >= 0.6 is 0 Å². The molecule has 1 fully saturated rings. The number of nitrogens with one attached hydrogen (secondary N) is 3. The molecule has 1 aliphatic rings. The maximum atomic E-state index is 12.2. The number of alkyl halides is 3. The van der Waals surface area contributed by atoms with Gasteiger partial charge in [0.05, 0.1) is 0 Å². The van der Waals surface area contributed by atoms with Gasteiger partial charge in [0.25, 0.3) is 0 Å². The van der Waals surface area contributed by atoms with Crippen LogP contribution in [0.4, 0.5) is 18.0 Å². The van der Waals surface area contributed by atoms with Gasteiger partial charge in [0.15, 0.2) is 0 Å². The van der Waals surface area contributed by atoms with Crippen molar-refractivity contribution >= 4 is 6.03 Å². The predicted octanol–water partition coefficient (Wildman–Crippen LogP) is 0.598. The van der Waals surface area contributed by atoms with Crippen LogP contribution in [-0.2, 0) is 0 Å². The maximum absolute atomic E-state index is 12.2. The number of hydrogen-bond acceptors (Lipinski definition) is 2. The molecule has 1 aliphatic heterocycles. The zero-order chi connectivity index (χ0) is 11.5. The van der Waals surface area contributed by atoms with Crippen molar-refractivity contribution in [1.82, 2.24) is 16.0 Å². The van der Waals surface area contributed by atoms with Gasteiger partial charge in [-0.05, 0) is 12.8 Å². The van der Waals surface area contributed by atoms with Crippen LogP contribution in [-0.4, -0.2) is 37.9 Å². The lowest BCUT2D eigenvalue weighted by Crippen LogP contribution is -2.55. The lowest BCUT2D eigenvalue weighted by atomic mass is 10.0. The normalized spacial score (nSPS) is 27.2. The zero-order valence-electron chi connectivity index (χ0n) is 8.32. The van der Waals surface area contributed by atoms with E-state index >= 15 is 0 Å². The summed E-state index contributed by atoms with van der Waals surface area (Å²) in [6, 6.07) is -2.05. The third-order valence-corrected chi connectivity index (χ3v) is 2.37. The SMILES string of the molecule is CNC(=O)NC1CCC(C(F)(F)F)NC1. The first-order valence-corrected chi connectivity index (χ1v) is 4.72. The first kappa shape index (κ1) is 12.1. The summed E-state index contributed by atoms with van der Waals surface area (Å²) < 4.78 is 36.7. The molecule has 88 valence electrons. The van der Waals surface area contributed by atoms with Gasteiger partial charge in [0, 0.05) is 19.6 Å². The minimum absolute atomic E-state index is 0.00182. The second-order valence-corrected chi connectivity index (χ2v) is 3.50. The molecular formula is C8H14F3N3O. The van der Waals surface area contributed by atoms with Crippen molar-refractivity contribution in [3.05, 3.63) is 0 Å². The standard InChI is InChI=1S/C8H14F3N3O/c1-12-7(15)14-5-2-3-6(13-4-5)8(9,10)11/h5-6,13H,2-4H2,1H3,(H2,12,14,15). The fourth-order valence-corrected chi connectivity index (χ4v) is 1.52. The molecule has 0 spiro atoms. The molecule has 2 atom stereocenters. The number of urea groups is 1. The third kappa shape index (κ3) is 3.58. The molecule has 0 aromatic rings. The van der Waals surface area contributed by atoms with Gasteiger partial charge < -0.3 is 16.0 Å². The second kappa shape index (κ2) is 4.69. The highest BCUT2D eigenvalue weighted by atomic mass is 19.4. The molecule has 1 rings (SSSR count). The first-order chi connectivity index (χ1) is 6.93. The molecule has 4 nitrogen and oxygen atoms in total. The van der Waals surface area contributed by atoms with Gasteiger partial charge in [-0.25, -0.2) is 4.79 Å². The molecule has 1 saturated heterocycles. The average Bonchev–Trinajstić information content (AvgIpc) is 2.17. The number of carbonyl (C=O) groups excluding carboxylic acids is 1. The van der Waals surface area contributed by atoms with Crippen LogP contribution in [0.3, 0.4) is 0 Å². The molecule has 1 heterocycles. The molecule has 2 unspecified atom stereocenters. The Morgan fingerprint density at radius 3 is 2.47 bits per heavy atom. The van der Waals surface area contributed by atoms with E-state index in [1.807, 2.05) is 0 Å². The molecule has 0 saturated carbocycles. The zero-order valence-corrected chi connectivity index (χ0v) is 8.32. The number of piperidine rings is 1. The topological polar surface area (TPSA) is 53.2 Å². The third-order valence-electron chi connectivity index (χ3n) is 2.37. The van der Waals surface area contributed by atoms with E-state index in [1.165, 1.54) is 7.05 Å². The monoisotopic (exact) mass is 225 g/mol. The molecule has 0 aliphatic carbocycles. The van der Waals surface area contributed by atoms with Crippen molar-refractivity contribution in [2.45, 2.75) is 31.1 Å². The Kier molecular flexibility index (Phi) is 3.78. The largest absolute Gasteiger partial charge is 0.403 e. The molecule has 0 aromatic carbocycles. The fraction of sp³-hybridized carbons (Fsp3) is 0.875. The van der Waals surface area contributed by atoms with Crippen LogP contribution in [0.1, 0.15) is 12.8 Å². The Hall–Kier alpha value is -0.980. The van der Waals surface area contributed by atoms with E-state index in [9.17, 15) is 18.0 Å². The summed E-state index contributed by atoms with van der Waals surface area (Å²) in [5.74, 6) is 0. The van der Waals surface area contributed by atoms with E-state index in [1.54, 1.807) is 0 Å². The van der Waals surface area contributed by atoms with Gasteiger partial charge in [-0.1, -0.05) is 0 Å². The van der Waals surface area contributed by atoms with E-state index in [0.29, 0.717) is 6.42 Å². The van der Waals surface area contributed by atoms with Gasteiger partial charge in [0.1, 0.15) is 6.04 Å². The fourth-order valence-electron chi connectivity index (χ4n) is 1.52. The predicted molar refractivity (Wildman–Crippen MR) is 48.5 cm³/mol. The van der Waals surface area contributed by atoms with E-state index in [0.717, 1.165) is 0 Å². The molecule has 15 heavy (non-hydrogen) atoms. The summed E-state index contributed by atoms with van der Waals surface area (Å²) in [7, 11) is 1.46. The van der Waals surface area contributed by atoms with Gasteiger partial charge in [-0.3, -0.25) is 0 Å². The number of hydrogen-bond donors (Lipinski definition) is 3. The van der Waals surface area contributed by atoms with Crippen LogP contribution in [0.5, 0.6) is 0 Å². The van der Waals surface area contributed by atoms with Crippen molar-refractivity contribution < 1.29 is 18.0 Å². The number of amides is 2. The smallest absolute Gasteiger partial charge is 0.341 e. The second-order valence-electron chi connectivity index (χ2n) is 3.50. The van der Waals surface area contributed by atoms with Crippen LogP contribution in [0, 0.1) is 0 Å². The van der Waals surface area contributed by atoms with Crippen LogP contribution in [0.25, 0.3) is 0 Å². The number of halogens is 3. The Morgan fingerprint density at radius 1 is 1.40 bits per heavy atom. The molecule has 0 aromatic heterocycles. The molecular weight excluding hydrogens is 211 g/mol. The van der Waals surface area contributed by atoms with E-state index < -0.39 is 12.2 Å². The molecule has 3 N–H and O–H groups in total. The summed E-state index contributed by atoms with van der Waals surface area (Å²) in [6.07, 6.45) is -3.86. The highest BCUT2D eigenvalue weighted by molar-refractivity contribution is 5.73. The number of rotatable bonds is 1. The van der Waals surface area contributed by atoms with E-state index in [4.69, 9.17) is 0 Å². The molecule has 0 radical (unpaired) electrons. The Balaban J connectivity index is 2.33. The van der Waals surface area contributed by atoms with Gasteiger partial charge in [-0.15, -0.1) is 0 Å². The van der Waals surface area contributed by atoms with E-state index in [-0.39, 0.29) is 25.0 Å². The molecule has 0 bridgehead atoms. The van der Waals surface area contributed by atoms with Gasteiger partial charge in [-0.2, -0.15) is 13.2 Å². The van der Waals surface area contributed by atoms with Crippen molar-refractivity contribution in [2.24, 2.45) is 0 Å². The van der Waals surface area contributed by atoms with Crippen molar-refractivity contribution in [3.8, 4) is 0 Å². The quantitative estimate of drug-likeness (QED) is 0.612. The van der Waals surface area contributed by atoms with Crippen molar-refractivity contribution in [1.29, 1.82) is 0 Å². The highest BCUT2D eigenvalue weighted by Crippen LogP contribution is 2.25. The van der Waals surface area contributed by atoms with Gasteiger partial charge >= 0.3 is 12.2 Å². The summed E-state index contributed by atoms with van der Waals surface area (Å²) in [4.78, 5) is 10.9. The first-order valence-electron chi connectivity index (χ1n) is 4.72. The molecule has 7 heteroatoms. The molecule has 2 amide bonds. The van der Waals surface area contributed by atoms with Gasteiger partial charge in [0.2, 0.25) is 0 Å². The Labute approximate surface area is 85.6 Å². The van der Waals surface area contributed by atoms with E-state index in [2.05, 4.69) is 16.0 Å². The average molecular weight is 225 g/mol. The Morgan fingerprint density at radius 2 is 2.07 bits per heavy atom. The summed E-state index contributed by atoms with van der Waals surface area (Å²) in [5.41, 5.74) is 0. The lowest BCUT2D eigenvalue weighted by molar-refractivity contribution is -0.160. The highest BCUT2D eigenvalue weighted by Gasteiger charge is 2.41. The lowest BCUT2D eigenvalue weighted by Gasteiger charge is -2.31. The van der Waals surface area contributed by atoms with Crippen molar-refractivity contribution in [3.63, 3.8) is 0 Å².